The summed E-state index contributed by atoms with van der Waals surface area (Å²) in [5.41, 5.74) is 1.19. The summed E-state index contributed by atoms with van der Waals surface area (Å²) < 4.78 is 0.870. The van der Waals surface area contributed by atoms with Crippen LogP contribution in [0.15, 0.2) is 42.5 Å². The summed E-state index contributed by atoms with van der Waals surface area (Å²) in [6.45, 7) is 3.05. The van der Waals surface area contributed by atoms with E-state index in [4.69, 9.17) is 11.6 Å². The van der Waals surface area contributed by atoms with Crippen LogP contribution in [0.1, 0.15) is 11.3 Å². The highest BCUT2D eigenvalue weighted by atomic mass is 35.5. The van der Waals surface area contributed by atoms with E-state index in [0.717, 1.165) is 30.4 Å². The molecule has 102 valence electrons. The molecule has 0 bridgehead atoms. The van der Waals surface area contributed by atoms with Gasteiger partial charge >= 0.3 is 0 Å². The zero-order valence-corrected chi connectivity index (χ0v) is 12.7. The molecule has 0 amide bonds. The molecule has 0 radical (unpaired) electrons. The molecule has 0 aliphatic rings. The topological polar surface area (TPSA) is 15.3 Å². The van der Waals surface area contributed by atoms with Crippen molar-refractivity contribution in [3.63, 3.8) is 0 Å². The van der Waals surface area contributed by atoms with Crippen molar-refractivity contribution < 1.29 is 0 Å². The van der Waals surface area contributed by atoms with Gasteiger partial charge in [-0.05, 0) is 44.3 Å². The molecule has 0 atom stereocenters. The van der Waals surface area contributed by atoms with Crippen molar-refractivity contribution in [3.05, 3.63) is 51.7 Å². The van der Waals surface area contributed by atoms with E-state index >= 15 is 0 Å². The highest BCUT2D eigenvalue weighted by Crippen LogP contribution is 2.22. The van der Waals surface area contributed by atoms with Crippen LogP contribution in [0.25, 0.3) is 0 Å². The average Bonchev–Trinajstić information content (AvgIpc) is 2.81. The van der Waals surface area contributed by atoms with Gasteiger partial charge in [0.15, 0.2) is 0 Å². The number of hydrogen-bond acceptors (Lipinski definition) is 3. The number of benzene rings is 1. The average molecular weight is 295 g/mol. The van der Waals surface area contributed by atoms with E-state index in [9.17, 15) is 0 Å². The zero-order chi connectivity index (χ0) is 13.5. The fraction of sp³-hybridized carbons (Fsp3) is 0.333. The first-order valence-electron chi connectivity index (χ1n) is 6.46. The maximum Gasteiger partial charge on any atom is 0.0931 e. The van der Waals surface area contributed by atoms with E-state index in [2.05, 4.69) is 47.6 Å². The number of hydrogen-bond donors (Lipinski definition) is 1. The van der Waals surface area contributed by atoms with Crippen LogP contribution in [-0.4, -0.2) is 25.0 Å². The van der Waals surface area contributed by atoms with Gasteiger partial charge in [0.1, 0.15) is 0 Å². The van der Waals surface area contributed by atoms with Crippen LogP contribution in [0.2, 0.25) is 4.34 Å². The third kappa shape index (κ3) is 5.23. The number of para-hydroxylation sites is 1. The molecule has 0 aliphatic carbocycles. The quantitative estimate of drug-likeness (QED) is 0.764. The minimum absolute atomic E-state index is 0.870. The lowest BCUT2D eigenvalue weighted by atomic mass is 10.3. The Bertz CT molecular complexity index is 484. The molecular formula is C15H19ClN2S. The molecule has 0 fully saturated rings. The van der Waals surface area contributed by atoms with Crippen molar-refractivity contribution in [2.45, 2.75) is 13.0 Å². The van der Waals surface area contributed by atoms with Gasteiger partial charge in [0.2, 0.25) is 0 Å². The minimum Gasteiger partial charge on any atom is -0.385 e. The van der Waals surface area contributed by atoms with Crippen molar-refractivity contribution in [3.8, 4) is 0 Å². The number of anilines is 1. The third-order valence-electron chi connectivity index (χ3n) is 2.87. The van der Waals surface area contributed by atoms with Crippen LogP contribution in [0, 0.1) is 0 Å². The summed E-state index contributed by atoms with van der Waals surface area (Å²) in [5.74, 6) is 0. The number of thiophene rings is 1. The molecule has 1 N–H and O–H groups in total. The summed E-state index contributed by atoms with van der Waals surface area (Å²) in [6, 6.07) is 14.4. The fourth-order valence-corrected chi connectivity index (χ4v) is 3.09. The smallest absolute Gasteiger partial charge is 0.0931 e. The molecule has 0 saturated heterocycles. The molecule has 1 aromatic heterocycles. The summed E-state index contributed by atoms with van der Waals surface area (Å²) in [5, 5.41) is 3.42. The molecule has 2 aromatic rings. The Morgan fingerprint density at radius 1 is 1.16 bits per heavy atom. The minimum atomic E-state index is 0.870. The van der Waals surface area contributed by atoms with E-state index < -0.39 is 0 Å². The second kappa shape index (κ2) is 7.53. The van der Waals surface area contributed by atoms with E-state index in [0.29, 0.717) is 0 Å². The fourth-order valence-electron chi connectivity index (χ4n) is 1.92. The molecule has 1 heterocycles. The standard InChI is InChI=1S/C15H19ClN2S/c1-18(12-14-8-9-15(16)19-14)11-5-10-17-13-6-3-2-4-7-13/h2-4,6-9,17H,5,10-12H2,1H3. The van der Waals surface area contributed by atoms with Gasteiger partial charge in [0, 0.05) is 23.7 Å². The van der Waals surface area contributed by atoms with Crippen LogP contribution in [0.4, 0.5) is 5.69 Å². The van der Waals surface area contributed by atoms with Crippen molar-refractivity contribution in [1.82, 2.24) is 4.90 Å². The first-order valence-corrected chi connectivity index (χ1v) is 7.65. The molecule has 0 spiro atoms. The van der Waals surface area contributed by atoms with E-state index in [-0.39, 0.29) is 0 Å². The van der Waals surface area contributed by atoms with Crippen molar-refractivity contribution >= 4 is 28.6 Å². The highest BCUT2D eigenvalue weighted by Gasteiger charge is 2.02. The lowest BCUT2D eigenvalue weighted by Gasteiger charge is -2.15. The van der Waals surface area contributed by atoms with Crippen molar-refractivity contribution in [1.29, 1.82) is 0 Å². The lowest BCUT2D eigenvalue weighted by Crippen LogP contribution is -2.20. The summed E-state index contributed by atoms with van der Waals surface area (Å²) in [4.78, 5) is 3.65. The maximum absolute atomic E-state index is 5.93. The van der Waals surface area contributed by atoms with Crippen molar-refractivity contribution in [2.24, 2.45) is 0 Å². The number of rotatable bonds is 7. The first kappa shape index (κ1) is 14.4. The monoisotopic (exact) mass is 294 g/mol. The summed E-state index contributed by atoms with van der Waals surface area (Å²) in [6.07, 6.45) is 1.13. The largest absolute Gasteiger partial charge is 0.385 e. The zero-order valence-electron chi connectivity index (χ0n) is 11.1. The maximum atomic E-state index is 5.93. The summed E-state index contributed by atoms with van der Waals surface area (Å²) in [7, 11) is 2.15. The lowest BCUT2D eigenvalue weighted by molar-refractivity contribution is 0.328. The number of nitrogens with zero attached hydrogens (tertiary/aromatic N) is 1. The third-order valence-corrected chi connectivity index (χ3v) is 4.09. The predicted octanol–water partition coefficient (Wildman–Crippen LogP) is 4.34. The van der Waals surface area contributed by atoms with Gasteiger partial charge in [-0.25, -0.2) is 0 Å². The Balaban J connectivity index is 1.63. The predicted molar refractivity (Wildman–Crippen MR) is 85.2 cm³/mol. The summed E-state index contributed by atoms with van der Waals surface area (Å²) >= 11 is 7.59. The molecule has 2 nitrogen and oxygen atoms in total. The van der Waals surface area contributed by atoms with Crippen LogP contribution in [-0.2, 0) is 6.54 Å². The second-order valence-corrected chi connectivity index (χ2v) is 6.39. The van der Waals surface area contributed by atoms with Crippen LogP contribution >= 0.6 is 22.9 Å². The van der Waals surface area contributed by atoms with Gasteiger partial charge in [0.05, 0.1) is 4.34 Å². The van der Waals surface area contributed by atoms with Gasteiger partial charge in [-0.1, -0.05) is 29.8 Å². The molecule has 0 unspecified atom stereocenters. The molecular weight excluding hydrogens is 276 g/mol. The van der Waals surface area contributed by atoms with E-state index in [1.807, 2.05) is 12.1 Å². The Morgan fingerprint density at radius 3 is 2.63 bits per heavy atom. The number of halogens is 1. The van der Waals surface area contributed by atoms with Crippen LogP contribution in [0.3, 0.4) is 0 Å². The van der Waals surface area contributed by atoms with Crippen LogP contribution < -0.4 is 5.32 Å². The van der Waals surface area contributed by atoms with E-state index in [1.54, 1.807) is 11.3 Å². The second-order valence-electron chi connectivity index (χ2n) is 4.59. The van der Waals surface area contributed by atoms with E-state index in [1.165, 1.54) is 10.6 Å². The normalized spacial score (nSPS) is 10.9. The Labute approximate surface area is 124 Å². The SMILES string of the molecule is CN(CCCNc1ccccc1)Cc1ccc(Cl)s1. The Morgan fingerprint density at radius 2 is 1.95 bits per heavy atom. The van der Waals surface area contributed by atoms with Crippen LogP contribution in [0.5, 0.6) is 0 Å². The Hall–Kier alpha value is -1.03. The molecule has 0 aliphatic heterocycles. The molecule has 19 heavy (non-hydrogen) atoms. The Kier molecular flexibility index (Phi) is 5.70. The first-order chi connectivity index (χ1) is 9.24. The molecule has 0 saturated carbocycles. The van der Waals surface area contributed by atoms with Gasteiger partial charge in [-0.3, -0.25) is 0 Å². The number of nitrogens with one attached hydrogen (secondary N) is 1. The molecule has 1 aromatic carbocycles. The molecule has 2 rings (SSSR count). The van der Waals surface area contributed by atoms with Gasteiger partial charge < -0.3 is 10.2 Å². The van der Waals surface area contributed by atoms with Gasteiger partial charge in [-0.15, -0.1) is 11.3 Å². The molecule has 4 heteroatoms. The highest BCUT2D eigenvalue weighted by molar-refractivity contribution is 7.16. The van der Waals surface area contributed by atoms with Gasteiger partial charge in [-0.2, -0.15) is 0 Å². The van der Waals surface area contributed by atoms with Gasteiger partial charge in [0.25, 0.3) is 0 Å². The van der Waals surface area contributed by atoms with Crippen molar-refractivity contribution in [2.75, 3.05) is 25.5 Å².